The van der Waals surface area contributed by atoms with Gasteiger partial charge in [-0.2, -0.15) is 0 Å². The fraction of sp³-hybridized carbons (Fsp3) is 0.125. The van der Waals surface area contributed by atoms with E-state index in [0.717, 1.165) is 22.2 Å². The van der Waals surface area contributed by atoms with Gasteiger partial charge >= 0.3 is 0 Å². The Morgan fingerprint density at radius 3 is 2.65 bits per heavy atom. The smallest absolute Gasteiger partial charge is 0.0764 e. The molecule has 20 heavy (non-hydrogen) atoms. The topological polar surface area (TPSA) is 37.8 Å². The highest BCUT2D eigenvalue weighted by Gasteiger charge is 2.14. The molecule has 0 saturated carbocycles. The summed E-state index contributed by atoms with van der Waals surface area (Å²) in [5, 5.41) is 5.04. The number of pyridine rings is 2. The average Bonchev–Trinajstić information content (AvgIpc) is 2.50. The Balaban J connectivity index is 2.04. The molecule has 2 aromatic heterocycles. The first-order valence-corrected chi connectivity index (χ1v) is 6.79. The van der Waals surface area contributed by atoms with Gasteiger partial charge in [0.25, 0.3) is 0 Å². The third-order valence-electron chi connectivity index (χ3n) is 3.28. The molecule has 3 nitrogen and oxygen atoms in total. The summed E-state index contributed by atoms with van der Waals surface area (Å²) in [6.07, 6.45) is 3.55. The number of nitrogens with zero attached hydrogens (tertiary/aromatic N) is 2. The van der Waals surface area contributed by atoms with Crippen molar-refractivity contribution in [2.75, 3.05) is 7.05 Å². The molecular formula is C16H14ClN3. The van der Waals surface area contributed by atoms with Gasteiger partial charge in [-0.3, -0.25) is 9.97 Å². The van der Waals surface area contributed by atoms with E-state index in [9.17, 15) is 0 Å². The minimum Gasteiger partial charge on any atom is -0.308 e. The van der Waals surface area contributed by atoms with E-state index in [4.69, 9.17) is 11.6 Å². The summed E-state index contributed by atoms with van der Waals surface area (Å²) < 4.78 is 0. The van der Waals surface area contributed by atoms with Gasteiger partial charge in [-0.15, -0.1) is 0 Å². The normalized spacial score (nSPS) is 12.5. The molecule has 1 atom stereocenters. The third-order valence-corrected chi connectivity index (χ3v) is 3.50. The molecule has 4 heteroatoms. The molecule has 3 rings (SSSR count). The Morgan fingerprint density at radius 1 is 1.05 bits per heavy atom. The van der Waals surface area contributed by atoms with Gasteiger partial charge < -0.3 is 5.32 Å². The average molecular weight is 284 g/mol. The second-order valence-corrected chi connectivity index (χ2v) is 5.02. The number of rotatable bonds is 3. The SMILES string of the molecule is CNC(c1cnc2ccccc2c1)c1ccc(Cl)cn1. The minimum absolute atomic E-state index is 0.00405. The van der Waals surface area contributed by atoms with Crippen LogP contribution >= 0.6 is 11.6 Å². The molecule has 0 aliphatic rings. The van der Waals surface area contributed by atoms with Gasteiger partial charge in [0.15, 0.2) is 0 Å². The van der Waals surface area contributed by atoms with E-state index in [-0.39, 0.29) is 6.04 Å². The van der Waals surface area contributed by atoms with Crippen molar-refractivity contribution in [3.63, 3.8) is 0 Å². The van der Waals surface area contributed by atoms with Crippen LogP contribution in [-0.4, -0.2) is 17.0 Å². The van der Waals surface area contributed by atoms with E-state index in [1.165, 1.54) is 0 Å². The molecule has 0 bridgehead atoms. The van der Waals surface area contributed by atoms with Gasteiger partial charge in [0.2, 0.25) is 0 Å². The quantitative estimate of drug-likeness (QED) is 0.798. The molecule has 3 aromatic rings. The summed E-state index contributed by atoms with van der Waals surface area (Å²) in [6.45, 7) is 0. The van der Waals surface area contributed by atoms with Crippen molar-refractivity contribution in [3.8, 4) is 0 Å². The standard InChI is InChI=1S/C16H14ClN3/c1-18-16(15-7-6-13(17)10-20-15)12-8-11-4-2-3-5-14(11)19-9-12/h2-10,16,18H,1H3. The highest BCUT2D eigenvalue weighted by molar-refractivity contribution is 6.30. The van der Waals surface area contributed by atoms with E-state index in [1.807, 2.05) is 43.6 Å². The Bertz CT molecular complexity index is 725. The van der Waals surface area contributed by atoms with Crippen LogP contribution in [0.25, 0.3) is 10.9 Å². The lowest BCUT2D eigenvalue weighted by Crippen LogP contribution is -2.19. The third kappa shape index (κ3) is 2.50. The molecular weight excluding hydrogens is 270 g/mol. The monoisotopic (exact) mass is 283 g/mol. The molecule has 100 valence electrons. The second-order valence-electron chi connectivity index (χ2n) is 4.58. The summed E-state index contributed by atoms with van der Waals surface area (Å²) in [7, 11) is 1.91. The van der Waals surface area contributed by atoms with Crippen LogP contribution in [0.5, 0.6) is 0 Å². The molecule has 0 aliphatic carbocycles. The largest absolute Gasteiger partial charge is 0.308 e. The number of benzene rings is 1. The number of nitrogens with one attached hydrogen (secondary N) is 1. The first kappa shape index (κ1) is 13.0. The van der Waals surface area contributed by atoms with Crippen LogP contribution in [0, 0.1) is 0 Å². The lowest BCUT2D eigenvalue weighted by Gasteiger charge is -2.16. The minimum atomic E-state index is 0.00405. The van der Waals surface area contributed by atoms with Gasteiger partial charge in [0, 0.05) is 17.8 Å². The number of fused-ring (bicyclic) bond motifs is 1. The Morgan fingerprint density at radius 2 is 1.90 bits per heavy atom. The van der Waals surface area contributed by atoms with Crippen molar-refractivity contribution < 1.29 is 0 Å². The Labute approximate surface area is 122 Å². The highest BCUT2D eigenvalue weighted by Crippen LogP contribution is 2.23. The van der Waals surface area contributed by atoms with Gasteiger partial charge in [0.05, 0.1) is 22.3 Å². The van der Waals surface area contributed by atoms with E-state index in [1.54, 1.807) is 6.20 Å². The predicted molar refractivity (Wildman–Crippen MR) is 81.9 cm³/mol. The summed E-state index contributed by atoms with van der Waals surface area (Å²) in [4.78, 5) is 8.88. The van der Waals surface area contributed by atoms with Crippen molar-refractivity contribution in [1.82, 2.24) is 15.3 Å². The number of para-hydroxylation sites is 1. The van der Waals surface area contributed by atoms with Crippen LogP contribution in [0.15, 0.2) is 54.9 Å². The molecule has 0 amide bonds. The summed E-state index contributed by atoms with van der Waals surface area (Å²) in [6, 6.07) is 14.0. The zero-order valence-electron chi connectivity index (χ0n) is 11.0. The fourth-order valence-corrected chi connectivity index (χ4v) is 2.40. The van der Waals surface area contributed by atoms with E-state index < -0.39 is 0 Å². The van der Waals surface area contributed by atoms with Crippen molar-refractivity contribution in [3.05, 3.63) is 71.1 Å². The van der Waals surface area contributed by atoms with E-state index in [0.29, 0.717) is 5.02 Å². The molecule has 1 aromatic carbocycles. The van der Waals surface area contributed by atoms with Crippen molar-refractivity contribution in [2.24, 2.45) is 0 Å². The number of aromatic nitrogens is 2. The summed E-state index contributed by atoms with van der Waals surface area (Å²) in [5.74, 6) is 0. The first-order chi connectivity index (χ1) is 9.78. The van der Waals surface area contributed by atoms with Crippen LogP contribution in [0.2, 0.25) is 5.02 Å². The van der Waals surface area contributed by atoms with Crippen LogP contribution < -0.4 is 5.32 Å². The maximum absolute atomic E-state index is 5.89. The van der Waals surface area contributed by atoms with Gasteiger partial charge in [-0.25, -0.2) is 0 Å². The molecule has 0 fully saturated rings. The van der Waals surface area contributed by atoms with E-state index in [2.05, 4.69) is 27.4 Å². The number of halogens is 1. The molecule has 1 N–H and O–H groups in total. The maximum Gasteiger partial charge on any atom is 0.0764 e. The van der Waals surface area contributed by atoms with Gasteiger partial charge in [-0.1, -0.05) is 29.8 Å². The lowest BCUT2D eigenvalue weighted by molar-refractivity contribution is 0.669. The second kappa shape index (κ2) is 5.57. The number of hydrogen-bond donors (Lipinski definition) is 1. The molecule has 0 radical (unpaired) electrons. The first-order valence-electron chi connectivity index (χ1n) is 6.41. The molecule has 0 saturated heterocycles. The van der Waals surface area contributed by atoms with Crippen molar-refractivity contribution in [2.45, 2.75) is 6.04 Å². The molecule has 0 spiro atoms. The van der Waals surface area contributed by atoms with Gasteiger partial charge in [-0.05, 0) is 36.9 Å². The van der Waals surface area contributed by atoms with Crippen LogP contribution in [0.4, 0.5) is 0 Å². The summed E-state index contributed by atoms with van der Waals surface area (Å²) >= 11 is 5.89. The highest BCUT2D eigenvalue weighted by atomic mass is 35.5. The molecule has 1 unspecified atom stereocenters. The fourth-order valence-electron chi connectivity index (χ4n) is 2.29. The Kier molecular flexibility index (Phi) is 3.63. The van der Waals surface area contributed by atoms with Crippen molar-refractivity contribution in [1.29, 1.82) is 0 Å². The van der Waals surface area contributed by atoms with Crippen LogP contribution in [-0.2, 0) is 0 Å². The molecule has 0 aliphatic heterocycles. The maximum atomic E-state index is 5.89. The zero-order chi connectivity index (χ0) is 13.9. The predicted octanol–water partition coefficient (Wildman–Crippen LogP) is 3.59. The molecule has 2 heterocycles. The summed E-state index contributed by atoms with van der Waals surface area (Å²) in [5.41, 5.74) is 3.00. The Hall–Kier alpha value is -1.97. The van der Waals surface area contributed by atoms with Gasteiger partial charge in [0.1, 0.15) is 0 Å². The number of hydrogen-bond acceptors (Lipinski definition) is 3. The van der Waals surface area contributed by atoms with Crippen LogP contribution in [0.1, 0.15) is 17.3 Å². The van der Waals surface area contributed by atoms with Crippen LogP contribution in [0.3, 0.4) is 0 Å². The zero-order valence-corrected chi connectivity index (χ0v) is 11.8. The van der Waals surface area contributed by atoms with Crippen molar-refractivity contribution >= 4 is 22.5 Å². The van der Waals surface area contributed by atoms with E-state index >= 15 is 0 Å². The lowest BCUT2D eigenvalue weighted by atomic mass is 10.0.